The van der Waals surface area contributed by atoms with Gasteiger partial charge in [0, 0.05) is 30.4 Å². The molecular weight excluding hydrogens is 308 g/mol. The van der Waals surface area contributed by atoms with Gasteiger partial charge >= 0.3 is 0 Å². The molecule has 0 aromatic carbocycles. The smallest absolute Gasteiger partial charge is 0.223 e. The van der Waals surface area contributed by atoms with Gasteiger partial charge in [-0.15, -0.1) is 11.3 Å². The summed E-state index contributed by atoms with van der Waals surface area (Å²) in [6, 6.07) is 0.137. The Morgan fingerprint density at radius 1 is 1.52 bits per heavy atom. The second-order valence-corrected chi connectivity index (χ2v) is 7.55. The normalized spacial score (nSPS) is 18.0. The molecule has 1 atom stereocenters. The average molecular weight is 339 g/mol. The van der Waals surface area contributed by atoms with Crippen LogP contribution in [-0.4, -0.2) is 41.5 Å². The molecule has 2 heterocycles. The maximum absolute atomic E-state index is 12.4. The zero-order valence-corrected chi connectivity index (χ0v) is 15.2. The number of hydrogen-bond donors (Lipinski definition) is 2. The zero-order valence-electron chi connectivity index (χ0n) is 14.4. The average Bonchev–Trinajstić information content (AvgIpc) is 2.96. The standard InChI is InChI=1S/C17H30N4OS/c1-3-4-5-15(10-18)20-17(22)14-6-8-21(9-7-14)11-16-12-23-13(2)19-16/h12,14-15H,3-11,18H2,1-2H3,(H,20,22). The molecule has 0 radical (unpaired) electrons. The minimum absolute atomic E-state index is 0.137. The number of unbranched alkanes of at least 4 members (excludes halogenated alkanes) is 1. The Labute approximate surface area is 143 Å². The van der Waals surface area contributed by atoms with E-state index >= 15 is 0 Å². The van der Waals surface area contributed by atoms with Gasteiger partial charge in [-0.1, -0.05) is 19.8 Å². The number of likely N-dealkylation sites (tertiary alicyclic amines) is 1. The lowest BCUT2D eigenvalue weighted by molar-refractivity contribution is -0.127. The molecule has 2 rings (SSSR count). The Hall–Kier alpha value is -0.980. The lowest BCUT2D eigenvalue weighted by Gasteiger charge is -2.31. The minimum Gasteiger partial charge on any atom is -0.352 e. The number of amides is 1. The van der Waals surface area contributed by atoms with Crippen molar-refractivity contribution in [3.05, 3.63) is 16.1 Å². The van der Waals surface area contributed by atoms with Gasteiger partial charge in [0.1, 0.15) is 0 Å². The van der Waals surface area contributed by atoms with E-state index in [1.807, 2.05) is 6.92 Å². The summed E-state index contributed by atoms with van der Waals surface area (Å²) in [4.78, 5) is 19.3. The lowest BCUT2D eigenvalue weighted by Crippen LogP contribution is -2.46. The molecular formula is C17H30N4OS. The van der Waals surface area contributed by atoms with E-state index in [1.54, 1.807) is 11.3 Å². The van der Waals surface area contributed by atoms with Gasteiger partial charge in [-0.25, -0.2) is 4.98 Å². The summed E-state index contributed by atoms with van der Waals surface area (Å²) in [5.74, 6) is 0.333. The maximum atomic E-state index is 12.4. The number of thiazole rings is 1. The first kappa shape index (κ1) is 18.4. The first-order chi connectivity index (χ1) is 11.1. The molecule has 1 aliphatic rings. The summed E-state index contributed by atoms with van der Waals surface area (Å²) < 4.78 is 0. The van der Waals surface area contributed by atoms with Gasteiger partial charge in [0.25, 0.3) is 0 Å². The van der Waals surface area contributed by atoms with Crippen LogP contribution in [0.1, 0.15) is 49.7 Å². The van der Waals surface area contributed by atoms with Crippen molar-refractivity contribution in [3.8, 4) is 0 Å². The van der Waals surface area contributed by atoms with E-state index < -0.39 is 0 Å². The molecule has 1 saturated heterocycles. The molecule has 1 aromatic rings. The first-order valence-corrected chi connectivity index (χ1v) is 9.64. The molecule has 6 heteroatoms. The van der Waals surface area contributed by atoms with E-state index in [-0.39, 0.29) is 17.9 Å². The van der Waals surface area contributed by atoms with Gasteiger partial charge < -0.3 is 11.1 Å². The van der Waals surface area contributed by atoms with Crippen LogP contribution in [0.4, 0.5) is 0 Å². The SMILES string of the molecule is CCCCC(CN)NC(=O)C1CCN(Cc2csc(C)n2)CC1. The number of nitrogens with two attached hydrogens (primary N) is 1. The molecule has 1 unspecified atom stereocenters. The van der Waals surface area contributed by atoms with Gasteiger partial charge in [0.05, 0.1) is 10.7 Å². The van der Waals surface area contributed by atoms with E-state index in [2.05, 4.69) is 27.5 Å². The Morgan fingerprint density at radius 2 is 2.26 bits per heavy atom. The highest BCUT2D eigenvalue weighted by molar-refractivity contribution is 7.09. The Bertz CT molecular complexity index is 483. The number of aryl methyl sites for hydroxylation is 1. The highest BCUT2D eigenvalue weighted by atomic mass is 32.1. The Morgan fingerprint density at radius 3 is 2.83 bits per heavy atom. The fraction of sp³-hybridized carbons (Fsp3) is 0.765. The van der Waals surface area contributed by atoms with Crippen LogP contribution in [0, 0.1) is 12.8 Å². The van der Waals surface area contributed by atoms with Crippen molar-refractivity contribution in [3.63, 3.8) is 0 Å². The number of carbonyl (C=O) groups is 1. The van der Waals surface area contributed by atoms with E-state index in [0.29, 0.717) is 6.54 Å². The van der Waals surface area contributed by atoms with Crippen molar-refractivity contribution >= 4 is 17.2 Å². The molecule has 0 bridgehead atoms. The summed E-state index contributed by atoms with van der Waals surface area (Å²) in [6.45, 7) is 7.58. The van der Waals surface area contributed by atoms with E-state index in [4.69, 9.17) is 5.73 Å². The molecule has 3 N–H and O–H groups in total. The highest BCUT2D eigenvalue weighted by Gasteiger charge is 2.26. The van der Waals surface area contributed by atoms with Gasteiger partial charge in [-0.05, 0) is 39.3 Å². The van der Waals surface area contributed by atoms with Crippen LogP contribution >= 0.6 is 11.3 Å². The molecule has 1 amide bonds. The van der Waals surface area contributed by atoms with E-state index in [1.165, 1.54) is 0 Å². The summed E-state index contributed by atoms with van der Waals surface area (Å²) in [5, 5.41) is 6.40. The first-order valence-electron chi connectivity index (χ1n) is 8.76. The van der Waals surface area contributed by atoms with Gasteiger partial charge in [0.15, 0.2) is 0 Å². The molecule has 130 valence electrons. The molecule has 1 fully saturated rings. The molecule has 23 heavy (non-hydrogen) atoms. The fourth-order valence-corrected chi connectivity index (χ4v) is 3.69. The molecule has 0 aliphatic carbocycles. The van der Waals surface area contributed by atoms with Crippen molar-refractivity contribution in [2.45, 2.75) is 58.5 Å². The summed E-state index contributed by atoms with van der Waals surface area (Å²) >= 11 is 1.70. The van der Waals surface area contributed by atoms with Crippen LogP contribution in [-0.2, 0) is 11.3 Å². The van der Waals surface area contributed by atoms with Crippen LogP contribution in [0.15, 0.2) is 5.38 Å². The van der Waals surface area contributed by atoms with Crippen LogP contribution < -0.4 is 11.1 Å². The van der Waals surface area contributed by atoms with Crippen LogP contribution in [0.3, 0.4) is 0 Å². The van der Waals surface area contributed by atoms with Crippen molar-refractivity contribution in [2.24, 2.45) is 11.7 Å². The molecule has 0 saturated carbocycles. The third-order valence-electron chi connectivity index (χ3n) is 4.55. The number of nitrogens with zero attached hydrogens (tertiary/aromatic N) is 2. The van der Waals surface area contributed by atoms with Gasteiger partial charge in [0.2, 0.25) is 5.91 Å². The van der Waals surface area contributed by atoms with Crippen LogP contribution in [0.25, 0.3) is 0 Å². The van der Waals surface area contributed by atoms with Crippen molar-refractivity contribution in [2.75, 3.05) is 19.6 Å². The second-order valence-electron chi connectivity index (χ2n) is 6.49. The van der Waals surface area contributed by atoms with Gasteiger partial charge in [-0.2, -0.15) is 0 Å². The highest BCUT2D eigenvalue weighted by Crippen LogP contribution is 2.20. The summed E-state index contributed by atoms with van der Waals surface area (Å²) in [7, 11) is 0. The second kappa shape index (κ2) is 9.35. The summed E-state index contributed by atoms with van der Waals surface area (Å²) in [5.41, 5.74) is 6.92. The Kier molecular flexibility index (Phi) is 7.46. The molecule has 1 aromatic heterocycles. The predicted molar refractivity (Wildman–Crippen MR) is 95.4 cm³/mol. The summed E-state index contributed by atoms with van der Waals surface area (Å²) in [6.07, 6.45) is 5.11. The van der Waals surface area contributed by atoms with Crippen molar-refractivity contribution in [1.29, 1.82) is 0 Å². The third kappa shape index (κ3) is 5.86. The number of nitrogens with one attached hydrogen (secondary N) is 1. The lowest BCUT2D eigenvalue weighted by atomic mass is 9.95. The minimum atomic E-state index is 0.137. The third-order valence-corrected chi connectivity index (χ3v) is 5.37. The number of rotatable bonds is 8. The zero-order chi connectivity index (χ0) is 16.7. The number of piperidine rings is 1. The molecule has 0 spiro atoms. The number of hydrogen-bond acceptors (Lipinski definition) is 5. The van der Waals surface area contributed by atoms with Crippen molar-refractivity contribution < 1.29 is 4.79 Å². The molecule has 5 nitrogen and oxygen atoms in total. The monoisotopic (exact) mass is 338 g/mol. The van der Waals surface area contributed by atoms with E-state index in [0.717, 1.165) is 62.4 Å². The fourth-order valence-electron chi connectivity index (χ4n) is 3.08. The predicted octanol–water partition coefficient (Wildman–Crippen LogP) is 2.30. The van der Waals surface area contributed by atoms with E-state index in [9.17, 15) is 4.79 Å². The van der Waals surface area contributed by atoms with Gasteiger partial charge in [-0.3, -0.25) is 9.69 Å². The molecule has 1 aliphatic heterocycles. The largest absolute Gasteiger partial charge is 0.352 e. The number of carbonyl (C=O) groups excluding carboxylic acids is 1. The van der Waals surface area contributed by atoms with Crippen LogP contribution in [0.2, 0.25) is 0 Å². The quantitative estimate of drug-likeness (QED) is 0.763. The van der Waals surface area contributed by atoms with Crippen LogP contribution in [0.5, 0.6) is 0 Å². The van der Waals surface area contributed by atoms with Crippen molar-refractivity contribution in [1.82, 2.24) is 15.2 Å². The topological polar surface area (TPSA) is 71.2 Å². The number of aromatic nitrogens is 1. The maximum Gasteiger partial charge on any atom is 0.223 e. The Balaban J connectivity index is 1.73.